The number of Topliss-reactive ketones (excluding diaryl/α,β-unsaturated/α-hetero) is 1. The molecule has 0 bridgehead atoms. The molecule has 1 saturated carbocycles. The van der Waals surface area contributed by atoms with Crippen LogP contribution in [0.3, 0.4) is 0 Å². The molecule has 0 radical (unpaired) electrons. The van der Waals surface area contributed by atoms with Crippen molar-refractivity contribution >= 4 is 29.4 Å². The third-order valence-electron chi connectivity index (χ3n) is 6.12. The lowest BCUT2D eigenvalue weighted by molar-refractivity contribution is -0.140. The van der Waals surface area contributed by atoms with E-state index in [0.717, 1.165) is 25.7 Å². The van der Waals surface area contributed by atoms with Gasteiger partial charge in [-0.2, -0.15) is 0 Å². The smallest absolute Gasteiger partial charge is 0.253 e. The summed E-state index contributed by atoms with van der Waals surface area (Å²) < 4.78 is 0. The highest BCUT2D eigenvalue weighted by Crippen LogP contribution is 2.31. The Morgan fingerprint density at radius 3 is 2.16 bits per heavy atom. The molecule has 1 atom stereocenters. The summed E-state index contributed by atoms with van der Waals surface area (Å²) in [4.78, 5) is 61.2. The highest BCUT2D eigenvalue weighted by molar-refractivity contribution is 6.13. The van der Waals surface area contributed by atoms with Gasteiger partial charge in [-0.3, -0.25) is 28.9 Å². The number of imide groups is 1. The third-order valence-corrected chi connectivity index (χ3v) is 6.12. The van der Waals surface area contributed by atoms with Gasteiger partial charge in [0.25, 0.3) is 11.8 Å². The summed E-state index contributed by atoms with van der Waals surface area (Å²) in [5.41, 5.74) is 0. The number of ketones is 1. The van der Waals surface area contributed by atoms with E-state index in [-0.39, 0.29) is 41.4 Å². The van der Waals surface area contributed by atoms with Gasteiger partial charge in [0.15, 0.2) is 5.78 Å². The van der Waals surface area contributed by atoms with Crippen molar-refractivity contribution in [1.29, 1.82) is 0 Å². The van der Waals surface area contributed by atoms with Crippen molar-refractivity contribution in [2.75, 3.05) is 6.54 Å². The molecule has 1 fully saturated rings. The van der Waals surface area contributed by atoms with Crippen molar-refractivity contribution in [2.24, 2.45) is 5.92 Å². The highest BCUT2D eigenvalue weighted by atomic mass is 16.2. The minimum atomic E-state index is -0.502. The van der Waals surface area contributed by atoms with Gasteiger partial charge in [0, 0.05) is 44.0 Å². The Balaban J connectivity index is 1.79. The Morgan fingerprint density at radius 1 is 0.968 bits per heavy atom. The van der Waals surface area contributed by atoms with Crippen molar-refractivity contribution < 1.29 is 24.0 Å². The Kier molecular flexibility index (Phi) is 9.88. The summed E-state index contributed by atoms with van der Waals surface area (Å²) in [5, 5.41) is 5.67. The summed E-state index contributed by atoms with van der Waals surface area (Å²) >= 11 is 0. The summed E-state index contributed by atoms with van der Waals surface area (Å²) in [5.74, 6) is -0.383. The first-order valence-corrected chi connectivity index (χ1v) is 11.5. The van der Waals surface area contributed by atoms with E-state index in [1.165, 1.54) is 17.1 Å². The van der Waals surface area contributed by atoms with Crippen LogP contribution in [-0.2, 0) is 24.0 Å². The van der Waals surface area contributed by atoms with E-state index in [9.17, 15) is 24.0 Å². The van der Waals surface area contributed by atoms with Gasteiger partial charge in [0.1, 0.15) is 0 Å². The summed E-state index contributed by atoms with van der Waals surface area (Å²) in [6, 6.07) is -0.590. The highest BCUT2D eigenvalue weighted by Gasteiger charge is 2.35. The van der Waals surface area contributed by atoms with Crippen molar-refractivity contribution in [1.82, 2.24) is 15.5 Å². The van der Waals surface area contributed by atoms with Gasteiger partial charge in [-0.25, -0.2) is 0 Å². The Labute approximate surface area is 184 Å². The van der Waals surface area contributed by atoms with Gasteiger partial charge in [-0.1, -0.05) is 13.8 Å². The van der Waals surface area contributed by atoms with E-state index in [2.05, 4.69) is 10.6 Å². The van der Waals surface area contributed by atoms with Crippen LogP contribution >= 0.6 is 0 Å². The second kappa shape index (κ2) is 12.4. The summed E-state index contributed by atoms with van der Waals surface area (Å²) in [6.45, 7) is 4.13. The van der Waals surface area contributed by atoms with E-state index < -0.39 is 6.04 Å². The van der Waals surface area contributed by atoms with Gasteiger partial charge in [0.05, 0.1) is 6.04 Å². The predicted octanol–water partition coefficient (Wildman–Crippen LogP) is 2.02. The van der Waals surface area contributed by atoms with Crippen LogP contribution in [0.25, 0.3) is 0 Å². The number of hydrogen-bond donors (Lipinski definition) is 2. The van der Waals surface area contributed by atoms with Crippen LogP contribution in [0.1, 0.15) is 78.1 Å². The lowest BCUT2D eigenvalue weighted by Crippen LogP contribution is -2.43. The first-order valence-electron chi connectivity index (χ1n) is 11.5. The summed E-state index contributed by atoms with van der Waals surface area (Å²) in [7, 11) is 0. The average Bonchev–Trinajstić information content (AvgIpc) is 3.10. The molecule has 31 heavy (non-hydrogen) atoms. The maximum Gasteiger partial charge on any atom is 0.253 e. The molecule has 2 aliphatic rings. The molecule has 2 rings (SSSR count). The fraction of sp³-hybridized carbons (Fsp3) is 0.696. The van der Waals surface area contributed by atoms with Crippen molar-refractivity contribution in [3.05, 3.63) is 12.2 Å². The largest absolute Gasteiger partial charge is 0.356 e. The molecule has 1 unspecified atom stereocenters. The van der Waals surface area contributed by atoms with E-state index in [0.29, 0.717) is 45.1 Å². The van der Waals surface area contributed by atoms with Crippen LogP contribution < -0.4 is 10.6 Å². The molecule has 0 saturated heterocycles. The molecule has 0 aromatic heterocycles. The molecule has 1 aliphatic carbocycles. The zero-order valence-corrected chi connectivity index (χ0v) is 18.7. The van der Waals surface area contributed by atoms with Crippen LogP contribution in [0, 0.1) is 5.92 Å². The first-order chi connectivity index (χ1) is 14.8. The minimum absolute atomic E-state index is 0.00984. The zero-order chi connectivity index (χ0) is 22.8. The quantitative estimate of drug-likeness (QED) is 0.361. The van der Waals surface area contributed by atoms with Gasteiger partial charge >= 0.3 is 0 Å². The lowest BCUT2D eigenvalue weighted by atomic mass is 9.81. The number of carbonyl (C=O) groups excluding carboxylic acids is 5. The Hall–Kier alpha value is -2.51. The van der Waals surface area contributed by atoms with E-state index >= 15 is 0 Å². The van der Waals surface area contributed by atoms with Crippen molar-refractivity contribution in [3.8, 4) is 0 Å². The zero-order valence-electron chi connectivity index (χ0n) is 18.7. The topological polar surface area (TPSA) is 113 Å². The third kappa shape index (κ3) is 7.60. The van der Waals surface area contributed by atoms with Crippen molar-refractivity contribution in [2.45, 2.75) is 90.1 Å². The van der Waals surface area contributed by atoms with Crippen molar-refractivity contribution in [3.63, 3.8) is 0 Å². The fourth-order valence-electron chi connectivity index (χ4n) is 4.24. The number of carbonyl (C=O) groups is 5. The van der Waals surface area contributed by atoms with Crippen LogP contribution in [0.5, 0.6) is 0 Å². The molecule has 172 valence electrons. The molecule has 1 heterocycles. The SMILES string of the molecule is CCC(=O)NCCCCC(NC(=O)CC)C(=O)CC1CCC(N2C(=O)C=CC2=O)CC1. The molecular weight excluding hydrogens is 398 g/mol. The van der Waals surface area contributed by atoms with Crippen LogP contribution in [0.4, 0.5) is 0 Å². The Bertz CT molecular complexity index is 692. The van der Waals surface area contributed by atoms with E-state index in [4.69, 9.17) is 0 Å². The monoisotopic (exact) mass is 433 g/mol. The van der Waals surface area contributed by atoms with Gasteiger partial charge in [0.2, 0.25) is 11.8 Å². The van der Waals surface area contributed by atoms with E-state index in [1.54, 1.807) is 13.8 Å². The molecule has 8 nitrogen and oxygen atoms in total. The maximum absolute atomic E-state index is 12.9. The van der Waals surface area contributed by atoms with Gasteiger partial charge in [-0.15, -0.1) is 0 Å². The number of hydrogen-bond acceptors (Lipinski definition) is 5. The molecule has 0 aromatic rings. The molecule has 8 heteroatoms. The van der Waals surface area contributed by atoms with Crippen LogP contribution in [0.15, 0.2) is 12.2 Å². The fourth-order valence-corrected chi connectivity index (χ4v) is 4.24. The van der Waals surface area contributed by atoms with Crippen LogP contribution in [-0.4, -0.2) is 52.9 Å². The Morgan fingerprint density at radius 2 is 1.58 bits per heavy atom. The lowest BCUT2D eigenvalue weighted by Gasteiger charge is -2.33. The molecule has 0 aromatic carbocycles. The minimum Gasteiger partial charge on any atom is -0.356 e. The average molecular weight is 434 g/mol. The normalized spacial score (nSPS) is 21.8. The summed E-state index contributed by atoms with van der Waals surface area (Å²) in [6.07, 6.45) is 8.84. The number of amides is 4. The second-order valence-electron chi connectivity index (χ2n) is 8.40. The molecule has 1 aliphatic heterocycles. The molecule has 0 spiro atoms. The van der Waals surface area contributed by atoms with Gasteiger partial charge in [-0.05, 0) is 50.9 Å². The molecule has 2 N–H and O–H groups in total. The number of unbranched alkanes of at least 4 members (excludes halogenated alkanes) is 1. The second-order valence-corrected chi connectivity index (χ2v) is 8.40. The maximum atomic E-state index is 12.9. The first kappa shape index (κ1) is 24.8. The standard InChI is InChI=1S/C23H35N3O5/c1-3-20(28)24-14-6-5-7-18(25-21(29)4-2)19(27)15-16-8-10-17(11-9-16)26-22(30)12-13-23(26)31/h12-13,16-18H,3-11,14-15H2,1-2H3,(H,24,28)(H,25,29). The number of rotatable bonds is 12. The number of nitrogens with zero attached hydrogens (tertiary/aromatic N) is 1. The number of nitrogens with one attached hydrogen (secondary N) is 2. The molecular formula is C23H35N3O5. The molecule has 4 amide bonds. The van der Waals surface area contributed by atoms with Gasteiger partial charge < -0.3 is 10.6 Å². The predicted molar refractivity (Wildman–Crippen MR) is 116 cm³/mol. The van der Waals surface area contributed by atoms with E-state index in [1.807, 2.05) is 0 Å². The van der Waals surface area contributed by atoms with Crippen LogP contribution in [0.2, 0.25) is 0 Å².